The van der Waals surface area contributed by atoms with Gasteiger partial charge < -0.3 is 14.9 Å². The molecule has 1 aliphatic heterocycles. The summed E-state index contributed by atoms with van der Waals surface area (Å²) in [4.78, 5) is 13.9. The minimum Gasteiger partial charge on any atom is -0.439 e. The molecule has 2 heterocycles. The zero-order valence-corrected chi connectivity index (χ0v) is 12.5. The van der Waals surface area contributed by atoms with Crippen molar-refractivity contribution in [1.82, 2.24) is 9.55 Å². The van der Waals surface area contributed by atoms with Gasteiger partial charge in [-0.2, -0.15) is 0 Å². The van der Waals surface area contributed by atoms with Gasteiger partial charge in [-0.1, -0.05) is 17.7 Å². The highest BCUT2D eigenvalue weighted by Gasteiger charge is 2.34. The molecule has 0 N–H and O–H groups in total. The topological polar surface area (TPSA) is 104 Å². The van der Waals surface area contributed by atoms with E-state index in [0.717, 1.165) is 5.56 Å². The highest BCUT2D eigenvalue weighted by atomic mass is 32.2. The molecule has 22 heavy (non-hydrogen) atoms. The molecule has 3 rings (SSSR count). The number of hydrogen-bond donors (Lipinski definition) is 0. The van der Waals surface area contributed by atoms with Crippen molar-refractivity contribution in [2.24, 2.45) is 0 Å². The van der Waals surface area contributed by atoms with Crippen LogP contribution in [0.1, 0.15) is 5.56 Å². The Bertz CT molecular complexity index is 802. The minimum atomic E-state index is -3.48. The second-order valence-corrected chi connectivity index (χ2v) is 7.16. The highest BCUT2D eigenvalue weighted by molar-refractivity contribution is 7.91. The molecule has 0 spiro atoms. The van der Waals surface area contributed by atoms with Gasteiger partial charge in [0.15, 0.2) is 9.84 Å². The van der Waals surface area contributed by atoms with Crippen LogP contribution in [-0.2, 0) is 16.4 Å². The van der Waals surface area contributed by atoms with Gasteiger partial charge in [-0.15, -0.1) is 0 Å². The number of hydrogen-bond acceptors (Lipinski definition) is 6. The van der Waals surface area contributed by atoms with Gasteiger partial charge in [0.05, 0.1) is 17.2 Å². The van der Waals surface area contributed by atoms with Crippen LogP contribution in [-0.4, -0.2) is 34.7 Å². The van der Waals surface area contributed by atoms with Gasteiger partial charge in [-0.25, -0.2) is 8.42 Å². The molecule has 116 valence electrons. The van der Waals surface area contributed by atoms with E-state index < -0.39 is 20.9 Å². The maximum atomic E-state index is 12.3. The molecule has 0 bridgehead atoms. The van der Waals surface area contributed by atoms with Crippen molar-refractivity contribution in [1.29, 1.82) is 0 Å². The second kappa shape index (κ2) is 5.09. The van der Waals surface area contributed by atoms with E-state index >= 15 is 0 Å². The van der Waals surface area contributed by atoms with Gasteiger partial charge >= 0.3 is 11.8 Å². The molecule has 0 fully saturated rings. The quantitative estimate of drug-likeness (QED) is 0.621. The Morgan fingerprint density at radius 1 is 1.41 bits per heavy atom. The third kappa shape index (κ3) is 2.67. The number of nitrogens with zero attached hydrogens (tertiary/aromatic N) is 3. The average Bonchev–Trinajstić information content (AvgIpc) is 2.96. The normalized spacial score (nSPS) is 17.0. The van der Waals surface area contributed by atoms with E-state index in [1.165, 1.54) is 10.8 Å². The third-order valence-electron chi connectivity index (χ3n) is 3.37. The summed E-state index contributed by atoms with van der Waals surface area (Å²) in [6.07, 6.45) is 0.642. The van der Waals surface area contributed by atoms with Crippen LogP contribution in [0.5, 0.6) is 6.01 Å². The number of aromatic nitrogens is 2. The summed E-state index contributed by atoms with van der Waals surface area (Å²) < 4.78 is 31.5. The van der Waals surface area contributed by atoms with Gasteiger partial charge in [0.2, 0.25) is 0 Å². The number of ether oxygens (including phenoxy) is 1. The fourth-order valence-electron chi connectivity index (χ4n) is 2.28. The first-order valence-corrected chi connectivity index (χ1v) is 8.18. The first-order valence-electron chi connectivity index (χ1n) is 6.53. The first kappa shape index (κ1) is 14.5. The minimum absolute atomic E-state index is 0.0795. The SMILES string of the molecule is Cc1ccc(S(=O)(=O)CC2Cn3cc([N+](=O)[O-])nc3O2)cc1. The smallest absolute Gasteiger partial charge is 0.414 e. The van der Waals surface area contributed by atoms with Crippen molar-refractivity contribution in [3.63, 3.8) is 0 Å². The number of fused-ring (bicyclic) bond motifs is 1. The van der Waals surface area contributed by atoms with Crippen LogP contribution in [0.3, 0.4) is 0 Å². The molecule has 1 aromatic heterocycles. The molecule has 1 aromatic carbocycles. The molecule has 0 amide bonds. The number of imidazole rings is 1. The molecule has 0 aliphatic carbocycles. The fourth-order valence-corrected chi connectivity index (χ4v) is 3.68. The Hall–Kier alpha value is -2.42. The van der Waals surface area contributed by atoms with E-state index in [-0.39, 0.29) is 29.0 Å². The molecule has 0 saturated heterocycles. The molecule has 1 aliphatic rings. The van der Waals surface area contributed by atoms with Crippen LogP contribution in [0, 0.1) is 17.0 Å². The molecule has 1 unspecified atom stereocenters. The number of benzene rings is 1. The highest BCUT2D eigenvalue weighted by Crippen LogP contribution is 2.26. The van der Waals surface area contributed by atoms with Gasteiger partial charge in [-0.3, -0.25) is 4.57 Å². The number of sulfone groups is 1. The summed E-state index contributed by atoms with van der Waals surface area (Å²) in [7, 11) is -3.48. The molecular formula is C13H13N3O5S. The van der Waals surface area contributed by atoms with Crippen LogP contribution >= 0.6 is 0 Å². The lowest BCUT2D eigenvalue weighted by atomic mass is 10.2. The van der Waals surface area contributed by atoms with Gasteiger partial charge in [0, 0.05) is 4.98 Å². The molecule has 0 saturated carbocycles. The van der Waals surface area contributed by atoms with Crippen molar-refractivity contribution < 1.29 is 18.1 Å². The summed E-state index contributed by atoms with van der Waals surface area (Å²) in [6.45, 7) is 2.10. The Morgan fingerprint density at radius 3 is 2.68 bits per heavy atom. The summed E-state index contributed by atoms with van der Waals surface area (Å²) >= 11 is 0. The Balaban J connectivity index is 1.73. The van der Waals surface area contributed by atoms with E-state index in [2.05, 4.69) is 4.98 Å². The largest absolute Gasteiger partial charge is 0.439 e. The van der Waals surface area contributed by atoms with Crippen LogP contribution in [0.2, 0.25) is 0 Å². The van der Waals surface area contributed by atoms with E-state index in [1.807, 2.05) is 6.92 Å². The zero-order chi connectivity index (χ0) is 15.9. The Kier molecular flexibility index (Phi) is 3.36. The predicted molar refractivity (Wildman–Crippen MR) is 76.5 cm³/mol. The summed E-state index contributed by atoms with van der Waals surface area (Å²) in [5.74, 6) is -0.512. The number of rotatable bonds is 4. The molecule has 9 heteroatoms. The number of nitro groups is 1. The maximum absolute atomic E-state index is 12.3. The fraction of sp³-hybridized carbons (Fsp3) is 0.308. The second-order valence-electron chi connectivity index (χ2n) is 5.13. The lowest BCUT2D eigenvalue weighted by Gasteiger charge is -2.09. The summed E-state index contributed by atoms with van der Waals surface area (Å²) in [6, 6.07) is 6.66. The first-order chi connectivity index (χ1) is 10.3. The van der Waals surface area contributed by atoms with Gasteiger partial charge in [0.1, 0.15) is 12.3 Å². The van der Waals surface area contributed by atoms with Crippen LogP contribution in [0.25, 0.3) is 0 Å². The molecular weight excluding hydrogens is 310 g/mol. The van der Waals surface area contributed by atoms with E-state index in [0.29, 0.717) is 0 Å². The summed E-state index contributed by atoms with van der Waals surface area (Å²) in [5, 5.41) is 10.6. The Morgan fingerprint density at radius 2 is 2.09 bits per heavy atom. The molecule has 0 radical (unpaired) electrons. The Labute approximate surface area is 126 Å². The van der Waals surface area contributed by atoms with E-state index in [4.69, 9.17) is 4.74 Å². The lowest BCUT2D eigenvalue weighted by molar-refractivity contribution is -0.389. The zero-order valence-electron chi connectivity index (χ0n) is 11.7. The van der Waals surface area contributed by atoms with E-state index in [9.17, 15) is 18.5 Å². The average molecular weight is 323 g/mol. The monoisotopic (exact) mass is 323 g/mol. The van der Waals surface area contributed by atoms with Crippen molar-refractivity contribution in [2.75, 3.05) is 5.75 Å². The van der Waals surface area contributed by atoms with Crippen LogP contribution in [0.15, 0.2) is 35.4 Å². The van der Waals surface area contributed by atoms with Crippen molar-refractivity contribution in [3.05, 3.63) is 46.1 Å². The third-order valence-corrected chi connectivity index (χ3v) is 5.17. The van der Waals surface area contributed by atoms with Crippen molar-refractivity contribution >= 4 is 15.7 Å². The van der Waals surface area contributed by atoms with Crippen molar-refractivity contribution in [3.8, 4) is 6.01 Å². The van der Waals surface area contributed by atoms with E-state index in [1.54, 1.807) is 24.3 Å². The lowest BCUT2D eigenvalue weighted by Crippen LogP contribution is -2.26. The van der Waals surface area contributed by atoms with Crippen molar-refractivity contribution in [2.45, 2.75) is 24.5 Å². The standard InChI is InChI=1S/C13H13N3O5S/c1-9-2-4-11(5-3-9)22(19,20)8-10-6-15-7-12(16(17)18)14-13(15)21-10/h2-5,7,10H,6,8H2,1H3. The van der Waals surface area contributed by atoms with Gasteiger partial charge in [-0.05, 0) is 24.0 Å². The number of aryl methyl sites for hydroxylation is 1. The molecule has 2 aromatic rings. The molecule has 1 atom stereocenters. The molecule has 8 nitrogen and oxygen atoms in total. The van der Waals surface area contributed by atoms with Crippen LogP contribution in [0.4, 0.5) is 5.82 Å². The van der Waals surface area contributed by atoms with Gasteiger partial charge in [0.25, 0.3) is 0 Å². The maximum Gasteiger partial charge on any atom is 0.414 e. The summed E-state index contributed by atoms with van der Waals surface area (Å²) in [5.41, 5.74) is 0.975. The predicted octanol–water partition coefficient (Wildman–Crippen LogP) is 1.33. The van der Waals surface area contributed by atoms with Crippen LogP contribution < -0.4 is 4.74 Å².